The fourth-order valence-corrected chi connectivity index (χ4v) is 4.19. The van der Waals surface area contributed by atoms with E-state index in [2.05, 4.69) is 15.0 Å². The summed E-state index contributed by atoms with van der Waals surface area (Å²) in [6.07, 6.45) is 3.33. The normalized spacial score (nSPS) is 11.1. The zero-order valence-corrected chi connectivity index (χ0v) is 18.1. The summed E-state index contributed by atoms with van der Waals surface area (Å²) in [6.45, 7) is 0.314. The first-order chi connectivity index (χ1) is 14.3. The van der Waals surface area contributed by atoms with Crippen LogP contribution in [0.2, 0.25) is 10.0 Å². The lowest BCUT2D eigenvalue weighted by molar-refractivity contribution is 0.0950. The van der Waals surface area contributed by atoms with Crippen LogP contribution >= 0.6 is 23.2 Å². The molecule has 0 atom stereocenters. The van der Waals surface area contributed by atoms with Crippen molar-refractivity contribution in [3.8, 4) is 0 Å². The van der Waals surface area contributed by atoms with Crippen molar-refractivity contribution in [1.29, 1.82) is 0 Å². The Hall–Kier alpha value is -2.61. The minimum absolute atomic E-state index is 0.129. The summed E-state index contributed by atoms with van der Waals surface area (Å²) >= 11 is 12.1. The van der Waals surface area contributed by atoms with Gasteiger partial charge >= 0.3 is 0 Å². The SMILES string of the molecule is O=C(NCc1ccc(NS(=O)(=O)CCc2cccc(Cl)c2Cl)cc1)c1cccnc1. The Balaban J connectivity index is 1.54. The molecule has 0 saturated heterocycles. The van der Waals surface area contributed by atoms with Crippen molar-refractivity contribution >= 4 is 44.8 Å². The fraction of sp³-hybridized carbons (Fsp3) is 0.143. The second-order valence-corrected chi connectivity index (χ2v) is 9.13. The highest BCUT2D eigenvalue weighted by molar-refractivity contribution is 7.92. The molecule has 1 amide bonds. The van der Waals surface area contributed by atoms with Crippen LogP contribution < -0.4 is 10.0 Å². The standard InChI is InChI=1S/C21H19Cl2N3O3S/c22-19-5-1-3-16(20(19)23)10-12-30(28,29)26-18-8-6-15(7-9-18)13-25-21(27)17-4-2-11-24-14-17/h1-9,11,14,26H,10,12-13H2,(H,25,27). The van der Waals surface area contributed by atoms with Crippen LogP contribution in [0.5, 0.6) is 0 Å². The van der Waals surface area contributed by atoms with E-state index in [0.717, 1.165) is 5.56 Å². The van der Waals surface area contributed by atoms with Crippen molar-refractivity contribution in [2.24, 2.45) is 0 Å². The van der Waals surface area contributed by atoms with Gasteiger partial charge in [0.15, 0.2) is 0 Å². The van der Waals surface area contributed by atoms with Gasteiger partial charge in [0.05, 0.1) is 21.4 Å². The molecule has 0 saturated carbocycles. The van der Waals surface area contributed by atoms with Crippen LogP contribution in [-0.4, -0.2) is 25.1 Å². The highest BCUT2D eigenvalue weighted by Crippen LogP contribution is 2.26. The predicted octanol–water partition coefficient (Wildman–Crippen LogP) is 4.30. The number of nitrogens with zero attached hydrogens (tertiary/aromatic N) is 1. The van der Waals surface area contributed by atoms with Gasteiger partial charge in [-0.05, 0) is 47.9 Å². The number of sulfonamides is 1. The van der Waals surface area contributed by atoms with Crippen LogP contribution in [0.1, 0.15) is 21.5 Å². The van der Waals surface area contributed by atoms with Gasteiger partial charge in [-0.2, -0.15) is 0 Å². The average Bonchev–Trinajstić information content (AvgIpc) is 2.74. The minimum Gasteiger partial charge on any atom is -0.348 e. The molecule has 2 aromatic carbocycles. The number of carbonyl (C=O) groups is 1. The fourth-order valence-electron chi connectivity index (χ4n) is 2.69. The largest absolute Gasteiger partial charge is 0.348 e. The topological polar surface area (TPSA) is 88.2 Å². The Kier molecular flexibility index (Phi) is 7.31. The third-order valence-electron chi connectivity index (χ3n) is 4.28. The molecule has 3 rings (SSSR count). The zero-order valence-electron chi connectivity index (χ0n) is 15.8. The Labute approximate surface area is 185 Å². The summed E-state index contributed by atoms with van der Waals surface area (Å²) in [5.74, 6) is -0.358. The van der Waals surface area contributed by atoms with Gasteiger partial charge in [-0.25, -0.2) is 8.42 Å². The molecule has 30 heavy (non-hydrogen) atoms. The molecule has 0 spiro atoms. The number of carbonyl (C=O) groups excluding carboxylic acids is 1. The first-order valence-electron chi connectivity index (χ1n) is 9.04. The van der Waals surface area contributed by atoms with Crippen molar-refractivity contribution in [2.75, 3.05) is 10.5 Å². The molecule has 0 unspecified atom stereocenters. The summed E-state index contributed by atoms with van der Waals surface area (Å²) in [4.78, 5) is 16.0. The lowest BCUT2D eigenvalue weighted by Crippen LogP contribution is -2.22. The summed E-state index contributed by atoms with van der Waals surface area (Å²) < 4.78 is 27.3. The Morgan fingerprint density at radius 3 is 2.47 bits per heavy atom. The highest BCUT2D eigenvalue weighted by atomic mass is 35.5. The number of pyridine rings is 1. The predicted molar refractivity (Wildman–Crippen MR) is 119 cm³/mol. The number of nitrogens with one attached hydrogen (secondary N) is 2. The number of benzene rings is 2. The molecule has 156 valence electrons. The molecule has 9 heteroatoms. The van der Waals surface area contributed by atoms with Crippen LogP contribution in [0.15, 0.2) is 67.0 Å². The van der Waals surface area contributed by atoms with Gasteiger partial charge in [-0.1, -0.05) is 47.5 Å². The van der Waals surface area contributed by atoms with Crippen molar-refractivity contribution in [3.05, 3.63) is 93.7 Å². The molecule has 0 aliphatic heterocycles. The molecule has 0 fully saturated rings. The van der Waals surface area contributed by atoms with E-state index in [-0.39, 0.29) is 18.1 Å². The molecule has 0 radical (unpaired) electrons. The zero-order chi connectivity index (χ0) is 21.6. The monoisotopic (exact) mass is 463 g/mol. The maximum atomic E-state index is 12.4. The number of aromatic nitrogens is 1. The second kappa shape index (κ2) is 9.93. The molecular weight excluding hydrogens is 445 g/mol. The third-order valence-corrected chi connectivity index (χ3v) is 6.42. The van der Waals surface area contributed by atoms with E-state index in [1.165, 1.54) is 6.20 Å². The molecular formula is C21H19Cl2N3O3S. The van der Waals surface area contributed by atoms with Crippen LogP contribution in [0.4, 0.5) is 5.69 Å². The number of aryl methyl sites for hydroxylation is 1. The van der Waals surface area contributed by atoms with Gasteiger partial charge in [0.25, 0.3) is 5.91 Å². The van der Waals surface area contributed by atoms with Gasteiger partial charge < -0.3 is 5.32 Å². The second-order valence-electron chi connectivity index (χ2n) is 6.51. The number of halogens is 2. The van der Waals surface area contributed by atoms with Crippen LogP contribution in [-0.2, 0) is 23.0 Å². The molecule has 6 nitrogen and oxygen atoms in total. The molecule has 3 aromatic rings. The summed E-state index contributed by atoms with van der Waals surface area (Å²) in [5.41, 5.74) is 2.42. The lowest BCUT2D eigenvalue weighted by atomic mass is 10.2. The van der Waals surface area contributed by atoms with E-state index in [9.17, 15) is 13.2 Å². The van der Waals surface area contributed by atoms with Crippen LogP contribution in [0.3, 0.4) is 0 Å². The average molecular weight is 464 g/mol. The van der Waals surface area contributed by atoms with E-state index in [1.54, 1.807) is 60.8 Å². The number of rotatable bonds is 8. The first kappa shape index (κ1) is 22.1. The van der Waals surface area contributed by atoms with Gasteiger partial charge in [0.2, 0.25) is 10.0 Å². The van der Waals surface area contributed by atoms with Gasteiger partial charge in [0, 0.05) is 24.6 Å². The smallest absolute Gasteiger partial charge is 0.253 e. The number of hydrogen-bond acceptors (Lipinski definition) is 4. The van der Waals surface area contributed by atoms with Gasteiger partial charge in [-0.15, -0.1) is 0 Å². The summed E-state index contributed by atoms with van der Waals surface area (Å²) in [6, 6.07) is 15.3. The van der Waals surface area contributed by atoms with Crippen LogP contribution in [0.25, 0.3) is 0 Å². The van der Waals surface area contributed by atoms with Gasteiger partial charge in [0.1, 0.15) is 0 Å². The van der Waals surface area contributed by atoms with Crippen molar-refractivity contribution in [1.82, 2.24) is 10.3 Å². The maximum Gasteiger partial charge on any atom is 0.253 e. The van der Waals surface area contributed by atoms with Crippen LogP contribution in [0, 0.1) is 0 Å². The Bertz CT molecular complexity index is 1120. The number of amides is 1. The molecule has 1 aromatic heterocycles. The van der Waals surface area contributed by atoms with Crippen molar-refractivity contribution < 1.29 is 13.2 Å². The summed E-state index contributed by atoms with van der Waals surface area (Å²) in [7, 11) is -3.57. The van der Waals surface area contributed by atoms with E-state index < -0.39 is 10.0 Å². The summed E-state index contributed by atoms with van der Waals surface area (Å²) in [5, 5.41) is 3.55. The maximum absolute atomic E-state index is 12.4. The third kappa shape index (κ3) is 6.19. The van der Waals surface area contributed by atoms with E-state index in [1.807, 2.05) is 0 Å². The number of anilines is 1. The van der Waals surface area contributed by atoms with Crippen molar-refractivity contribution in [3.63, 3.8) is 0 Å². The van der Waals surface area contributed by atoms with E-state index in [0.29, 0.717) is 33.4 Å². The Morgan fingerprint density at radius 1 is 1.00 bits per heavy atom. The van der Waals surface area contributed by atoms with Gasteiger partial charge in [-0.3, -0.25) is 14.5 Å². The van der Waals surface area contributed by atoms with Crippen molar-refractivity contribution in [2.45, 2.75) is 13.0 Å². The van der Waals surface area contributed by atoms with E-state index in [4.69, 9.17) is 23.2 Å². The van der Waals surface area contributed by atoms with E-state index >= 15 is 0 Å². The first-order valence-corrected chi connectivity index (χ1v) is 11.5. The molecule has 1 heterocycles. The lowest BCUT2D eigenvalue weighted by Gasteiger charge is -2.10. The molecule has 0 aliphatic carbocycles. The molecule has 0 aliphatic rings. The number of hydrogen-bond donors (Lipinski definition) is 2. The quantitative estimate of drug-likeness (QED) is 0.520. The Morgan fingerprint density at radius 2 is 1.77 bits per heavy atom. The molecule has 2 N–H and O–H groups in total. The minimum atomic E-state index is -3.57. The molecule has 0 bridgehead atoms. The highest BCUT2D eigenvalue weighted by Gasteiger charge is 2.13.